The molecule has 5 nitrogen and oxygen atoms in total. The van der Waals surface area contributed by atoms with Gasteiger partial charge in [-0.1, -0.05) is 6.58 Å². The number of nitrogens with zero attached hydrogens (tertiary/aromatic N) is 1. The molecule has 78 valence electrons. The predicted octanol–water partition coefficient (Wildman–Crippen LogP) is -0.251. The second-order valence-corrected chi connectivity index (χ2v) is 3.28. The molecule has 2 amide bonds. The van der Waals surface area contributed by atoms with Crippen LogP contribution in [0.2, 0.25) is 0 Å². The van der Waals surface area contributed by atoms with E-state index in [0.29, 0.717) is 25.1 Å². The largest absolute Gasteiger partial charge is 0.315 e. The SMILES string of the molecule is C=C(C1CCC(=O)NC1=O)N(N)CC. The van der Waals surface area contributed by atoms with Crippen molar-refractivity contribution in [3.8, 4) is 0 Å². The van der Waals surface area contributed by atoms with Gasteiger partial charge in [-0.05, 0) is 13.3 Å². The Morgan fingerprint density at radius 2 is 2.36 bits per heavy atom. The van der Waals surface area contributed by atoms with Crippen molar-refractivity contribution in [2.45, 2.75) is 19.8 Å². The van der Waals surface area contributed by atoms with Gasteiger partial charge in [0.1, 0.15) is 0 Å². The summed E-state index contributed by atoms with van der Waals surface area (Å²) in [5.74, 6) is 4.73. The fourth-order valence-corrected chi connectivity index (χ4v) is 1.41. The van der Waals surface area contributed by atoms with Gasteiger partial charge in [0.2, 0.25) is 11.8 Å². The Kier molecular flexibility index (Phi) is 3.24. The number of rotatable bonds is 3. The molecule has 0 radical (unpaired) electrons. The van der Waals surface area contributed by atoms with E-state index in [1.54, 1.807) is 0 Å². The highest BCUT2D eigenvalue weighted by Gasteiger charge is 2.30. The van der Waals surface area contributed by atoms with Crippen LogP contribution in [0.15, 0.2) is 12.3 Å². The molecule has 1 unspecified atom stereocenters. The van der Waals surface area contributed by atoms with Crippen molar-refractivity contribution in [3.05, 3.63) is 12.3 Å². The molecule has 1 fully saturated rings. The Hall–Kier alpha value is -1.36. The summed E-state index contributed by atoms with van der Waals surface area (Å²) in [6, 6.07) is 0. The van der Waals surface area contributed by atoms with Gasteiger partial charge in [0.05, 0.1) is 5.92 Å². The molecule has 1 aliphatic heterocycles. The molecule has 14 heavy (non-hydrogen) atoms. The number of hydrogen-bond donors (Lipinski definition) is 2. The maximum Gasteiger partial charge on any atom is 0.235 e. The smallest absolute Gasteiger partial charge is 0.235 e. The maximum absolute atomic E-state index is 11.4. The Morgan fingerprint density at radius 1 is 1.71 bits per heavy atom. The highest BCUT2D eigenvalue weighted by molar-refractivity contribution is 5.99. The Morgan fingerprint density at radius 3 is 2.86 bits per heavy atom. The number of imide groups is 1. The van der Waals surface area contributed by atoms with Gasteiger partial charge in [-0.15, -0.1) is 0 Å². The fraction of sp³-hybridized carbons (Fsp3) is 0.556. The highest BCUT2D eigenvalue weighted by atomic mass is 16.2. The van der Waals surface area contributed by atoms with Crippen molar-refractivity contribution >= 4 is 11.8 Å². The zero-order valence-electron chi connectivity index (χ0n) is 8.25. The zero-order chi connectivity index (χ0) is 10.7. The van der Waals surface area contributed by atoms with Crippen LogP contribution >= 0.6 is 0 Å². The van der Waals surface area contributed by atoms with Gasteiger partial charge in [0, 0.05) is 18.7 Å². The summed E-state index contributed by atoms with van der Waals surface area (Å²) >= 11 is 0. The summed E-state index contributed by atoms with van der Waals surface area (Å²) < 4.78 is 0. The first-order chi connectivity index (χ1) is 6.56. The molecule has 1 heterocycles. The molecular weight excluding hydrogens is 182 g/mol. The first-order valence-electron chi connectivity index (χ1n) is 4.61. The molecular formula is C9H15N3O2. The van der Waals surface area contributed by atoms with Crippen LogP contribution in [-0.4, -0.2) is 23.4 Å². The van der Waals surface area contributed by atoms with Crippen molar-refractivity contribution in [1.82, 2.24) is 10.3 Å². The molecule has 1 aliphatic rings. The lowest BCUT2D eigenvalue weighted by Crippen LogP contribution is -2.45. The van der Waals surface area contributed by atoms with E-state index in [4.69, 9.17) is 5.84 Å². The monoisotopic (exact) mass is 197 g/mol. The van der Waals surface area contributed by atoms with Crippen molar-refractivity contribution in [1.29, 1.82) is 0 Å². The number of nitrogens with two attached hydrogens (primary N) is 1. The summed E-state index contributed by atoms with van der Waals surface area (Å²) in [5.41, 5.74) is 0.567. The van der Waals surface area contributed by atoms with Gasteiger partial charge in [-0.3, -0.25) is 14.9 Å². The van der Waals surface area contributed by atoms with Crippen LogP contribution in [-0.2, 0) is 9.59 Å². The van der Waals surface area contributed by atoms with Gasteiger partial charge >= 0.3 is 0 Å². The van der Waals surface area contributed by atoms with E-state index in [2.05, 4.69) is 11.9 Å². The number of carbonyl (C=O) groups is 2. The Bertz CT molecular complexity index is 275. The Labute approximate surface area is 82.9 Å². The molecule has 5 heteroatoms. The minimum absolute atomic E-state index is 0.223. The van der Waals surface area contributed by atoms with Crippen molar-refractivity contribution in [3.63, 3.8) is 0 Å². The molecule has 0 aliphatic carbocycles. The molecule has 0 aromatic heterocycles. The third-order valence-electron chi connectivity index (χ3n) is 2.35. The van der Waals surface area contributed by atoms with Crippen molar-refractivity contribution in [2.75, 3.05) is 6.54 Å². The normalized spacial score (nSPS) is 21.7. The lowest BCUT2D eigenvalue weighted by atomic mass is 9.95. The average molecular weight is 197 g/mol. The molecule has 1 rings (SSSR count). The summed E-state index contributed by atoms with van der Waals surface area (Å²) in [5, 5.41) is 3.70. The maximum atomic E-state index is 11.4. The lowest BCUT2D eigenvalue weighted by molar-refractivity contribution is -0.135. The van der Waals surface area contributed by atoms with Crippen LogP contribution in [0.4, 0.5) is 0 Å². The molecule has 0 aromatic carbocycles. The topological polar surface area (TPSA) is 75.4 Å². The number of piperidine rings is 1. The van der Waals surface area contributed by atoms with Gasteiger partial charge in [0.15, 0.2) is 0 Å². The van der Waals surface area contributed by atoms with Crippen LogP contribution in [0.3, 0.4) is 0 Å². The third-order valence-corrected chi connectivity index (χ3v) is 2.35. The number of carbonyl (C=O) groups excluding carboxylic acids is 2. The van der Waals surface area contributed by atoms with E-state index in [0.717, 1.165) is 0 Å². The van der Waals surface area contributed by atoms with E-state index in [1.165, 1.54) is 5.01 Å². The molecule has 3 N–H and O–H groups in total. The van der Waals surface area contributed by atoms with Gasteiger partial charge < -0.3 is 5.01 Å². The van der Waals surface area contributed by atoms with Crippen LogP contribution in [0.5, 0.6) is 0 Å². The van der Waals surface area contributed by atoms with Crippen molar-refractivity contribution in [2.24, 2.45) is 11.8 Å². The van der Waals surface area contributed by atoms with Crippen LogP contribution in [0.1, 0.15) is 19.8 Å². The zero-order valence-corrected chi connectivity index (χ0v) is 8.25. The molecule has 1 saturated heterocycles. The van der Waals surface area contributed by atoms with E-state index < -0.39 is 0 Å². The summed E-state index contributed by atoms with van der Waals surface area (Å²) in [6.45, 7) is 6.22. The third kappa shape index (κ3) is 2.11. The average Bonchev–Trinajstić information content (AvgIpc) is 2.15. The van der Waals surface area contributed by atoms with E-state index in [1.807, 2.05) is 6.92 Å². The predicted molar refractivity (Wildman–Crippen MR) is 51.6 cm³/mol. The molecule has 0 aromatic rings. The van der Waals surface area contributed by atoms with Crippen molar-refractivity contribution < 1.29 is 9.59 Å². The molecule has 0 spiro atoms. The highest BCUT2D eigenvalue weighted by Crippen LogP contribution is 2.20. The summed E-state index contributed by atoms with van der Waals surface area (Å²) in [6.07, 6.45) is 0.851. The number of hydrazine groups is 1. The standard InChI is InChI=1S/C9H15N3O2/c1-3-12(10)6(2)7-4-5-8(13)11-9(7)14/h7H,2-5,10H2,1H3,(H,11,13,14). The summed E-state index contributed by atoms with van der Waals surface area (Å²) in [7, 11) is 0. The number of nitrogens with one attached hydrogen (secondary N) is 1. The second-order valence-electron chi connectivity index (χ2n) is 3.28. The molecule has 1 atom stereocenters. The van der Waals surface area contributed by atoms with Gasteiger partial charge in [0.25, 0.3) is 0 Å². The Balaban J connectivity index is 2.65. The van der Waals surface area contributed by atoms with E-state index in [9.17, 15) is 9.59 Å². The molecule has 0 saturated carbocycles. The summed E-state index contributed by atoms with van der Waals surface area (Å²) in [4.78, 5) is 22.3. The quantitative estimate of drug-likeness (QED) is 0.371. The van der Waals surface area contributed by atoms with E-state index in [-0.39, 0.29) is 17.7 Å². The first-order valence-corrected chi connectivity index (χ1v) is 4.61. The van der Waals surface area contributed by atoms with Crippen LogP contribution in [0, 0.1) is 5.92 Å². The van der Waals surface area contributed by atoms with Gasteiger partial charge in [-0.25, -0.2) is 5.84 Å². The molecule has 0 bridgehead atoms. The fourth-order valence-electron chi connectivity index (χ4n) is 1.41. The van der Waals surface area contributed by atoms with Crippen LogP contribution in [0.25, 0.3) is 0 Å². The lowest BCUT2D eigenvalue weighted by Gasteiger charge is -2.28. The van der Waals surface area contributed by atoms with Gasteiger partial charge in [-0.2, -0.15) is 0 Å². The number of hydrogen-bond acceptors (Lipinski definition) is 4. The van der Waals surface area contributed by atoms with Crippen LogP contribution < -0.4 is 11.2 Å². The minimum atomic E-state index is -0.363. The first kappa shape index (κ1) is 10.7. The second kappa shape index (κ2) is 4.23. The minimum Gasteiger partial charge on any atom is -0.315 e. The van der Waals surface area contributed by atoms with E-state index >= 15 is 0 Å². The number of amides is 2.